The molecule has 0 saturated heterocycles. The number of benzene rings is 1. The zero-order valence-electron chi connectivity index (χ0n) is 9.16. The molecule has 0 aliphatic heterocycles. The minimum atomic E-state index is -0.0197. The fourth-order valence-electron chi connectivity index (χ4n) is 1.96. The van der Waals surface area contributed by atoms with Crippen LogP contribution in [0, 0.1) is 0 Å². The Morgan fingerprint density at radius 3 is 2.44 bits per heavy atom. The van der Waals surface area contributed by atoms with Gasteiger partial charge in [-0.25, -0.2) is 0 Å². The van der Waals surface area contributed by atoms with Gasteiger partial charge in [0.25, 0.3) is 0 Å². The van der Waals surface area contributed by atoms with Crippen LogP contribution in [0.1, 0.15) is 25.7 Å². The van der Waals surface area contributed by atoms with Gasteiger partial charge in [0.15, 0.2) is 0 Å². The van der Waals surface area contributed by atoms with E-state index in [0.717, 1.165) is 17.9 Å². The number of hydrogen-bond acceptors (Lipinski definition) is 1. The molecule has 0 bridgehead atoms. The van der Waals surface area contributed by atoms with Crippen molar-refractivity contribution < 1.29 is 0 Å². The summed E-state index contributed by atoms with van der Waals surface area (Å²) >= 11 is 6.21. The van der Waals surface area contributed by atoms with Crippen LogP contribution < -0.4 is 10.2 Å². The zero-order valence-corrected chi connectivity index (χ0v) is 11.6. The van der Waals surface area contributed by atoms with Gasteiger partial charge in [-0.2, -0.15) is 0 Å². The molecule has 0 heterocycles. The van der Waals surface area contributed by atoms with Gasteiger partial charge >= 0.3 is 108 Å². The minimum absolute atomic E-state index is 0.0197. The molecule has 1 aliphatic carbocycles. The standard InChI is InChI=1S/C13H16ClNSe/c14-11-3-5-12(6-4-11)16-10-9-13(15)7-1-2-8-13/h3-6,9-10H,1-2,7-8,15H2/b10-9+. The number of halogens is 1. The summed E-state index contributed by atoms with van der Waals surface area (Å²) in [5.74, 6) is 0. The molecule has 1 aromatic rings. The molecule has 0 unspecified atom stereocenters. The van der Waals surface area contributed by atoms with Gasteiger partial charge in [-0.1, -0.05) is 0 Å². The van der Waals surface area contributed by atoms with Gasteiger partial charge in [0.05, 0.1) is 0 Å². The van der Waals surface area contributed by atoms with Crippen LogP contribution in [0.2, 0.25) is 5.02 Å². The normalized spacial score (nSPS) is 19.4. The Morgan fingerprint density at radius 2 is 1.81 bits per heavy atom. The third kappa shape index (κ3) is 3.36. The summed E-state index contributed by atoms with van der Waals surface area (Å²) in [5, 5.41) is 0.801. The van der Waals surface area contributed by atoms with Crippen molar-refractivity contribution in [2.24, 2.45) is 5.73 Å². The summed E-state index contributed by atoms with van der Waals surface area (Å²) in [6.45, 7) is 0. The molecule has 0 radical (unpaired) electrons. The van der Waals surface area contributed by atoms with Crippen LogP contribution in [0.15, 0.2) is 35.3 Å². The van der Waals surface area contributed by atoms with Crippen molar-refractivity contribution in [3.8, 4) is 0 Å². The summed E-state index contributed by atoms with van der Waals surface area (Å²) in [4.78, 5) is 2.25. The van der Waals surface area contributed by atoms with Crippen molar-refractivity contribution in [2.45, 2.75) is 31.2 Å². The molecule has 0 atom stereocenters. The third-order valence-corrected chi connectivity index (χ3v) is 4.92. The van der Waals surface area contributed by atoms with Crippen LogP contribution in [0.5, 0.6) is 0 Å². The van der Waals surface area contributed by atoms with Gasteiger partial charge in [0, 0.05) is 0 Å². The Balaban J connectivity index is 1.91. The van der Waals surface area contributed by atoms with E-state index in [-0.39, 0.29) is 5.54 Å². The van der Waals surface area contributed by atoms with Crippen molar-refractivity contribution in [2.75, 3.05) is 0 Å². The van der Waals surface area contributed by atoms with E-state index in [1.54, 1.807) is 0 Å². The van der Waals surface area contributed by atoms with E-state index in [2.05, 4.69) is 23.2 Å². The van der Waals surface area contributed by atoms with Crippen molar-refractivity contribution in [1.82, 2.24) is 0 Å². The summed E-state index contributed by atoms with van der Waals surface area (Å²) in [6.07, 6.45) is 7.04. The van der Waals surface area contributed by atoms with Gasteiger partial charge in [-0.05, 0) is 0 Å². The van der Waals surface area contributed by atoms with Crippen LogP contribution in [-0.2, 0) is 0 Å². The quantitative estimate of drug-likeness (QED) is 0.853. The first-order valence-electron chi connectivity index (χ1n) is 5.57. The molecule has 1 saturated carbocycles. The van der Waals surface area contributed by atoms with E-state index in [1.807, 2.05) is 12.1 Å². The molecule has 0 spiro atoms. The molecule has 0 aromatic heterocycles. The average Bonchev–Trinajstić information content (AvgIpc) is 2.69. The van der Waals surface area contributed by atoms with E-state index in [0.29, 0.717) is 15.0 Å². The molecule has 86 valence electrons. The molecule has 1 aliphatic rings. The SMILES string of the molecule is NC1(/C=C/[Se]c2ccc(Cl)cc2)CCCC1. The summed E-state index contributed by atoms with van der Waals surface area (Å²) in [5.41, 5.74) is 6.23. The van der Waals surface area contributed by atoms with E-state index < -0.39 is 0 Å². The van der Waals surface area contributed by atoms with Crippen molar-refractivity contribution in [1.29, 1.82) is 0 Å². The fourth-order valence-corrected chi connectivity index (χ4v) is 3.74. The summed E-state index contributed by atoms with van der Waals surface area (Å²) in [7, 11) is 0. The predicted octanol–water partition coefficient (Wildman–Crippen LogP) is 2.45. The van der Waals surface area contributed by atoms with E-state index in [4.69, 9.17) is 17.3 Å². The summed E-state index contributed by atoms with van der Waals surface area (Å²) in [6, 6.07) is 8.07. The monoisotopic (exact) mass is 301 g/mol. The number of hydrogen-bond donors (Lipinski definition) is 1. The molecule has 2 N–H and O–H groups in total. The van der Waals surface area contributed by atoms with E-state index in [1.165, 1.54) is 17.3 Å². The second kappa shape index (κ2) is 5.37. The van der Waals surface area contributed by atoms with Gasteiger partial charge in [-0.3, -0.25) is 0 Å². The Bertz CT molecular complexity index is 366. The molecule has 1 nitrogen and oxygen atoms in total. The van der Waals surface area contributed by atoms with Crippen LogP contribution >= 0.6 is 11.6 Å². The Hall–Kier alpha value is -0.271. The molecule has 0 amide bonds. The number of rotatable bonds is 3. The first-order valence-corrected chi connectivity index (χ1v) is 7.79. The molecule has 2 rings (SSSR count). The second-order valence-corrected chi connectivity index (χ2v) is 6.81. The van der Waals surface area contributed by atoms with Crippen molar-refractivity contribution >= 4 is 31.0 Å². The topological polar surface area (TPSA) is 26.0 Å². The summed E-state index contributed by atoms with van der Waals surface area (Å²) < 4.78 is 1.34. The third-order valence-electron chi connectivity index (χ3n) is 2.95. The van der Waals surface area contributed by atoms with Crippen molar-refractivity contribution in [3.63, 3.8) is 0 Å². The van der Waals surface area contributed by atoms with Gasteiger partial charge in [0.1, 0.15) is 0 Å². The van der Waals surface area contributed by atoms with Crippen molar-refractivity contribution in [3.05, 3.63) is 40.3 Å². The molecule has 3 heteroatoms. The van der Waals surface area contributed by atoms with Crippen LogP contribution in [0.4, 0.5) is 0 Å². The Kier molecular flexibility index (Phi) is 4.10. The molecule has 1 aromatic carbocycles. The first kappa shape index (κ1) is 12.2. The van der Waals surface area contributed by atoms with E-state index >= 15 is 0 Å². The van der Waals surface area contributed by atoms with Crippen LogP contribution in [0.3, 0.4) is 0 Å². The Labute approximate surface area is 108 Å². The van der Waals surface area contributed by atoms with Gasteiger partial charge in [-0.15, -0.1) is 0 Å². The van der Waals surface area contributed by atoms with Gasteiger partial charge in [0.2, 0.25) is 0 Å². The second-order valence-electron chi connectivity index (χ2n) is 4.31. The molecule has 1 fully saturated rings. The van der Waals surface area contributed by atoms with E-state index in [9.17, 15) is 0 Å². The number of nitrogens with two attached hydrogens (primary N) is 1. The molecule has 16 heavy (non-hydrogen) atoms. The fraction of sp³-hybridized carbons (Fsp3) is 0.385. The maximum atomic E-state index is 6.25. The first-order chi connectivity index (χ1) is 7.68. The average molecular weight is 301 g/mol. The van der Waals surface area contributed by atoms with Crippen LogP contribution in [0.25, 0.3) is 0 Å². The predicted molar refractivity (Wildman–Crippen MR) is 71.4 cm³/mol. The Morgan fingerprint density at radius 1 is 1.19 bits per heavy atom. The maximum absolute atomic E-state index is 6.25. The van der Waals surface area contributed by atoms with Gasteiger partial charge < -0.3 is 0 Å². The zero-order chi connectivity index (χ0) is 11.4. The molecular weight excluding hydrogens is 285 g/mol. The van der Waals surface area contributed by atoms with Crippen LogP contribution in [-0.4, -0.2) is 20.5 Å². The molecular formula is C13H16ClNSe.